The molecule has 1 aliphatic heterocycles. The summed E-state index contributed by atoms with van der Waals surface area (Å²) in [6.45, 7) is 2.20. The molecule has 72 valence electrons. The molecule has 1 aromatic rings. The van der Waals surface area contributed by atoms with Gasteiger partial charge in [0.1, 0.15) is 5.82 Å². The van der Waals surface area contributed by atoms with Crippen LogP contribution >= 0.6 is 12.4 Å². The summed E-state index contributed by atoms with van der Waals surface area (Å²) in [4.78, 5) is 8.53. The molecule has 0 spiro atoms. The maximum absolute atomic E-state index is 4.26. The van der Waals surface area contributed by atoms with Crippen LogP contribution in [0.1, 0.15) is 24.6 Å². The van der Waals surface area contributed by atoms with E-state index in [-0.39, 0.29) is 12.4 Å². The normalized spacial score (nSPS) is 17.8. The zero-order chi connectivity index (χ0) is 8.23. The third kappa shape index (κ3) is 2.64. The molecule has 0 bridgehead atoms. The van der Waals surface area contributed by atoms with E-state index in [2.05, 4.69) is 15.3 Å². The maximum atomic E-state index is 4.26. The Morgan fingerprint density at radius 1 is 1.15 bits per heavy atom. The fraction of sp³-hybridized carbons (Fsp3) is 0.556. The molecule has 1 fully saturated rings. The molecule has 0 radical (unpaired) electrons. The van der Waals surface area contributed by atoms with Gasteiger partial charge in [-0.1, -0.05) is 0 Å². The van der Waals surface area contributed by atoms with Gasteiger partial charge in [-0.05, 0) is 32.0 Å². The number of nitrogens with one attached hydrogen (secondary N) is 1. The predicted octanol–water partition coefficient (Wildman–Crippen LogP) is 1.37. The summed E-state index contributed by atoms with van der Waals surface area (Å²) >= 11 is 0. The minimum atomic E-state index is 0. The average molecular weight is 200 g/mol. The van der Waals surface area contributed by atoms with Crippen molar-refractivity contribution in [3.63, 3.8) is 0 Å². The molecule has 2 rings (SSSR count). The van der Waals surface area contributed by atoms with Crippen molar-refractivity contribution in [2.75, 3.05) is 13.1 Å². The molecule has 4 heteroatoms. The Bertz CT molecular complexity index is 234. The van der Waals surface area contributed by atoms with Crippen LogP contribution < -0.4 is 5.32 Å². The molecule has 1 aromatic heterocycles. The second-order valence-corrected chi connectivity index (χ2v) is 3.13. The highest BCUT2D eigenvalue weighted by atomic mass is 35.5. The van der Waals surface area contributed by atoms with Gasteiger partial charge in [0.2, 0.25) is 0 Å². The van der Waals surface area contributed by atoms with Gasteiger partial charge < -0.3 is 5.32 Å². The molecule has 0 atom stereocenters. The van der Waals surface area contributed by atoms with E-state index in [0.717, 1.165) is 18.9 Å². The third-order valence-corrected chi connectivity index (χ3v) is 2.29. The van der Waals surface area contributed by atoms with E-state index in [1.165, 1.54) is 12.8 Å². The number of piperidine rings is 1. The lowest BCUT2D eigenvalue weighted by molar-refractivity contribution is 0.445. The first-order valence-corrected chi connectivity index (χ1v) is 4.44. The van der Waals surface area contributed by atoms with Crippen molar-refractivity contribution in [1.82, 2.24) is 15.3 Å². The summed E-state index contributed by atoms with van der Waals surface area (Å²) in [7, 11) is 0. The SMILES string of the molecule is Cl.c1cnc(C2CCNCC2)nc1. The van der Waals surface area contributed by atoms with E-state index in [0.29, 0.717) is 5.92 Å². The Kier molecular flexibility index (Phi) is 4.12. The van der Waals surface area contributed by atoms with Crippen LogP contribution in [0.3, 0.4) is 0 Å². The molecule has 0 unspecified atom stereocenters. The predicted molar refractivity (Wildman–Crippen MR) is 54.1 cm³/mol. The van der Waals surface area contributed by atoms with Crippen LogP contribution in [-0.2, 0) is 0 Å². The van der Waals surface area contributed by atoms with Crippen molar-refractivity contribution >= 4 is 12.4 Å². The molecule has 2 heterocycles. The van der Waals surface area contributed by atoms with Gasteiger partial charge in [0, 0.05) is 18.3 Å². The van der Waals surface area contributed by atoms with Crippen LogP contribution in [0.25, 0.3) is 0 Å². The van der Waals surface area contributed by atoms with Crippen molar-refractivity contribution in [2.24, 2.45) is 0 Å². The number of aromatic nitrogens is 2. The van der Waals surface area contributed by atoms with E-state index in [4.69, 9.17) is 0 Å². The molecule has 1 aliphatic rings. The Hall–Kier alpha value is -0.670. The number of hydrogen-bond donors (Lipinski definition) is 1. The van der Waals surface area contributed by atoms with Gasteiger partial charge >= 0.3 is 0 Å². The van der Waals surface area contributed by atoms with Crippen molar-refractivity contribution in [1.29, 1.82) is 0 Å². The van der Waals surface area contributed by atoms with E-state index in [1.54, 1.807) is 0 Å². The zero-order valence-electron chi connectivity index (χ0n) is 7.44. The summed E-state index contributed by atoms with van der Waals surface area (Å²) in [5, 5.41) is 3.33. The average Bonchev–Trinajstić information content (AvgIpc) is 2.21. The third-order valence-electron chi connectivity index (χ3n) is 2.29. The van der Waals surface area contributed by atoms with Crippen LogP contribution in [-0.4, -0.2) is 23.1 Å². The van der Waals surface area contributed by atoms with Crippen molar-refractivity contribution in [3.05, 3.63) is 24.3 Å². The molecular weight excluding hydrogens is 186 g/mol. The summed E-state index contributed by atoms with van der Waals surface area (Å²) < 4.78 is 0. The summed E-state index contributed by atoms with van der Waals surface area (Å²) in [6, 6.07) is 1.87. The van der Waals surface area contributed by atoms with Crippen LogP contribution in [0.4, 0.5) is 0 Å². The molecule has 0 saturated carbocycles. The van der Waals surface area contributed by atoms with Gasteiger partial charge in [-0.15, -0.1) is 12.4 Å². The monoisotopic (exact) mass is 199 g/mol. The second kappa shape index (κ2) is 5.14. The van der Waals surface area contributed by atoms with E-state index < -0.39 is 0 Å². The van der Waals surface area contributed by atoms with Gasteiger partial charge in [-0.25, -0.2) is 9.97 Å². The molecule has 3 nitrogen and oxygen atoms in total. The van der Waals surface area contributed by atoms with Crippen LogP contribution in [0.2, 0.25) is 0 Å². The lowest BCUT2D eigenvalue weighted by Crippen LogP contribution is -2.27. The number of hydrogen-bond acceptors (Lipinski definition) is 3. The summed E-state index contributed by atoms with van der Waals surface area (Å²) in [5.41, 5.74) is 0. The first-order valence-electron chi connectivity index (χ1n) is 4.44. The lowest BCUT2D eigenvalue weighted by Gasteiger charge is -2.20. The first-order chi connectivity index (χ1) is 5.97. The minimum Gasteiger partial charge on any atom is -0.317 e. The highest BCUT2D eigenvalue weighted by Crippen LogP contribution is 2.20. The number of nitrogens with zero attached hydrogens (tertiary/aromatic N) is 2. The molecule has 0 aromatic carbocycles. The van der Waals surface area contributed by atoms with Crippen LogP contribution in [0.15, 0.2) is 18.5 Å². The van der Waals surface area contributed by atoms with Crippen molar-refractivity contribution < 1.29 is 0 Å². The summed E-state index contributed by atoms with van der Waals surface area (Å²) in [6.07, 6.45) is 5.99. The van der Waals surface area contributed by atoms with Crippen molar-refractivity contribution in [3.8, 4) is 0 Å². The second-order valence-electron chi connectivity index (χ2n) is 3.13. The number of halogens is 1. The summed E-state index contributed by atoms with van der Waals surface area (Å²) in [5.74, 6) is 1.59. The fourth-order valence-electron chi connectivity index (χ4n) is 1.60. The van der Waals surface area contributed by atoms with Gasteiger partial charge in [0.05, 0.1) is 0 Å². The Labute approximate surface area is 84.4 Å². The van der Waals surface area contributed by atoms with Gasteiger partial charge in [-0.2, -0.15) is 0 Å². The highest BCUT2D eigenvalue weighted by Gasteiger charge is 2.16. The molecule has 1 N–H and O–H groups in total. The van der Waals surface area contributed by atoms with E-state index in [9.17, 15) is 0 Å². The smallest absolute Gasteiger partial charge is 0.131 e. The minimum absolute atomic E-state index is 0. The molecule has 0 amide bonds. The van der Waals surface area contributed by atoms with E-state index in [1.807, 2.05) is 18.5 Å². The molecular formula is C9H14ClN3. The van der Waals surface area contributed by atoms with E-state index >= 15 is 0 Å². The Balaban J connectivity index is 0.000000845. The van der Waals surface area contributed by atoms with Crippen LogP contribution in [0, 0.1) is 0 Å². The number of rotatable bonds is 1. The maximum Gasteiger partial charge on any atom is 0.131 e. The molecule has 0 aliphatic carbocycles. The quantitative estimate of drug-likeness (QED) is 0.743. The van der Waals surface area contributed by atoms with Gasteiger partial charge in [-0.3, -0.25) is 0 Å². The Morgan fingerprint density at radius 2 is 1.77 bits per heavy atom. The topological polar surface area (TPSA) is 37.8 Å². The zero-order valence-corrected chi connectivity index (χ0v) is 8.26. The first kappa shape index (κ1) is 10.4. The Morgan fingerprint density at radius 3 is 2.38 bits per heavy atom. The van der Waals surface area contributed by atoms with Gasteiger partial charge in [0.25, 0.3) is 0 Å². The standard InChI is InChI=1S/C9H13N3.ClH/c1-4-11-9(12-5-1)8-2-6-10-7-3-8;/h1,4-5,8,10H,2-3,6-7H2;1H. The highest BCUT2D eigenvalue weighted by molar-refractivity contribution is 5.85. The van der Waals surface area contributed by atoms with Crippen LogP contribution in [0.5, 0.6) is 0 Å². The lowest BCUT2D eigenvalue weighted by atomic mass is 9.97. The fourth-order valence-corrected chi connectivity index (χ4v) is 1.60. The molecule has 13 heavy (non-hydrogen) atoms. The van der Waals surface area contributed by atoms with Gasteiger partial charge in [0.15, 0.2) is 0 Å². The molecule has 1 saturated heterocycles. The van der Waals surface area contributed by atoms with Crippen molar-refractivity contribution in [2.45, 2.75) is 18.8 Å². The largest absolute Gasteiger partial charge is 0.317 e.